The molecule has 0 radical (unpaired) electrons. The molecular weight excluding hydrogens is 642 g/mol. The lowest BCUT2D eigenvalue weighted by atomic mass is 9.77. The number of hydrogen-bond donors (Lipinski definition) is 1. The summed E-state index contributed by atoms with van der Waals surface area (Å²) in [5.74, 6) is -3.06. The Bertz CT molecular complexity index is 1710. The summed E-state index contributed by atoms with van der Waals surface area (Å²) in [6.45, 7) is 15.0. The molecule has 10 nitrogen and oxygen atoms in total. The molecular formula is C38H49N3O7S. The highest BCUT2D eigenvalue weighted by Crippen LogP contribution is 2.57. The summed E-state index contributed by atoms with van der Waals surface area (Å²) in [4.78, 5) is 58.8. The zero-order valence-corrected chi connectivity index (χ0v) is 30.2. The van der Waals surface area contributed by atoms with Gasteiger partial charge in [-0.2, -0.15) is 0 Å². The molecule has 3 fully saturated rings. The van der Waals surface area contributed by atoms with E-state index in [1.807, 2.05) is 80.3 Å². The molecule has 1 heterocycles. The van der Waals surface area contributed by atoms with Crippen LogP contribution in [0.15, 0.2) is 67.3 Å². The molecule has 0 bridgehead atoms. The molecule has 1 N–H and O–H groups in total. The van der Waals surface area contributed by atoms with Crippen molar-refractivity contribution in [3.05, 3.63) is 67.3 Å². The number of carbonyl (C=O) groups excluding carboxylic acids is 4. The number of ether oxygens (including phenoxy) is 1. The van der Waals surface area contributed by atoms with Crippen LogP contribution in [0.3, 0.4) is 0 Å². The first-order valence-electron chi connectivity index (χ1n) is 17.0. The normalized spacial score (nSPS) is 23.1. The average Bonchev–Trinajstić information content (AvgIpc) is 3.95. The van der Waals surface area contributed by atoms with Crippen LogP contribution in [0.4, 0.5) is 5.69 Å². The summed E-state index contributed by atoms with van der Waals surface area (Å²) in [6.07, 6.45) is 2.48. The number of amides is 2. The van der Waals surface area contributed by atoms with Gasteiger partial charge in [-0.25, -0.2) is 8.42 Å². The molecule has 5 rings (SSSR count). The quantitative estimate of drug-likeness (QED) is 0.229. The van der Waals surface area contributed by atoms with Gasteiger partial charge in [0, 0.05) is 18.7 Å². The van der Waals surface area contributed by atoms with E-state index in [0.717, 1.165) is 16.8 Å². The van der Waals surface area contributed by atoms with Crippen molar-refractivity contribution in [2.24, 2.45) is 22.7 Å². The number of nitrogens with zero attached hydrogens (tertiary/aromatic N) is 2. The van der Waals surface area contributed by atoms with Crippen LogP contribution in [0.2, 0.25) is 0 Å². The lowest BCUT2D eigenvalue weighted by Gasteiger charge is -2.35. The van der Waals surface area contributed by atoms with Crippen molar-refractivity contribution in [3.63, 3.8) is 0 Å². The van der Waals surface area contributed by atoms with E-state index in [4.69, 9.17) is 4.74 Å². The Labute approximate surface area is 290 Å². The zero-order chi connectivity index (χ0) is 35.9. The second-order valence-corrected chi connectivity index (χ2v) is 17.8. The van der Waals surface area contributed by atoms with Crippen molar-refractivity contribution in [2.45, 2.75) is 90.5 Å². The highest BCUT2D eigenvalue weighted by atomic mass is 32.2. The fraction of sp³-hybridized carbons (Fsp3) is 0.526. The number of nitrogens with one attached hydrogen (secondary N) is 1. The number of carbonyl (C=O) groups is 4. The third-order valence-electron chi connectivity index (χ3n) is 9.78. The summed E-state index contributed by atoms with van der Waals surface area (Å²) >= 11 is 0. The second kappa shape index (κ2) is 13.4. The van der Waals surface area contributed by atoms with Crippen LogP contribution in [0.5, 0.6) is 0 Å². The van der Waals surface area contributed by atoms with Gasteiger partial charge in [0.2, 0.25) is 21.8 Å². The van der Waals surface area contributed by atoms with E-state index in [1.54, 1.807) is 26.8 Å². The molecule has 264 valence electrons. The molecule has 2 aromatic rings. The Morgan fingerprint density at radius 1 is 0.980 bits per heavy atom. The minimum absolute atomic E-state index is 0.0982. The maximum Gasteiger partial charge on any atom is 0.307 e. The first kappa shape index (κ1) is 36.3. The molecule has 1 saturated heterocycles. The van der Waals surface area contributed by atoms with E-state index in [-0.39, 0.29) is 43.7 Å². The lowest BCUT2D eigenvalue weighted by molar-refractivity contribution is -0.161. The van der Waals surface area contributed by atoms with Gasteiger partial charge in [0.15, 0.2) is 5.78 Å². The number of allylic oxidation sites excluding steroid dienone is 1. The Balaban J connectivity index is 1.43. The van der Waals surface area contributed by atoms with Gasteiger partial charge in [0.25, 0.3) is 0 Å². The van der Waals surface area contributed by atoms with Gasteiger partial charge in [-0.3, -0.25) is 23.9 Å². The van der Waals surface area contributed by atoms with Crippen molar-refractivity contribution in [3.8, 4) is 11.1 Å². The van der Waals surface area contributed by atoms with Crippen molar-refractivity contribution in [1.29, 1.82) is 0 Å². The third-order valence-corrected chi connectivity index (χ3v) is 11.6. The molecule has 1 aliphatic heterocycles. The topological polar surface area (TPSA) is 130 Å². The Hall–Kier alpha value is -3.99. The smallest absolute Gasteiger partial charge is 0.307 e. The molecule has 2 amide bonds. The van der Waals surface area contributed by atoms with E-state index < -0.39 is 55.5 Å². The van der Waals surface area contributed by atoms with Crippen LogP contribution in [0.1, 0.15) is 73.6 Å². The van der Waals surface area contributed by atoms with Crippen LogP contribution in [0.25, 0.3) is 11.1 Å². The highest BCUT2D eigenvalue weighted by molar-refractivity contribution is 7.90. The Kier molecular flexibility index (Phi) is 9.91. The standard InChI is InChI=1S/C38H49N3O7S/c1-8-27-21-38(27,35(45)39-49(46,47)29-18-19-29)22-32(42)31-23-40(28-16-14-26(15-17-28)25-12-10-9-11-13-25)24-41(31)34(44)30(36(2,3)4)20-33(43)48-37(5,6)7/h8-17,27,29-31H,1,18-24H2,2-7H3,(H,39,45)/t27-,30-,31+,38-/m1/s1. The second-order valence-electron chi connectivity index (χ2n) is 15.8. The van der Waals surface area contributed by atoms with Gasteiger partial charge in [0.05, 0.1) is 29.7 Å². The molecule has 2 aliphatic carbocycles. The van der Waals surface area contributed by atoms with Gasteiger partial charge in [0.1, 0.15) is 11.6 Å². The van der Waals surface area contributed by atoms with Gasteiger partial charge in [-0.1, -0.05) is 69.3 Å². The Morgan fingerprint density at radius 3 is 2.12 bits per heavy atom. The van der Waals surface area contributed by atoms with Crippen molar-refractivity contribution in [2.75, 3.05) is 18.1 Å². The molecule has 0 unspecified atom stereocenters. The molecule has 3 aliphatic rings. The van der Waals surface area contributed by atoms with E-state index in [0.29, 0.717) is 19.3 Å². The zero-order valence-electron chi connectivity index (χ0n) is 29.4. The van der Waals surface area contributed by atoms with Crippen LogP contribution in [0, 0.1) is 22.7 Å². The van der Waals surface area contributed by atoms with Gasteiger partial charge < -0.3 is 14.5 Å². The minimum Gasteiger partial charge on any atom is -0.460 e. The number of anilines is 1. The summed E-state index contributed by atoms with van der Waals surface area (Å²) in [7, 11) is -3.82. The van der Waals surface area contributed by atoms with Crippen LogP contribution in [-0.2, 0) is 33.9 Å². The van der Waals surface area contributed by atoms with Gasteiger partial charge >= 0.3 is 5.97 Å². The van der Waals surface area contributed by atoms with Crippen molar-refractivity contribution in [1.82, 2.24) is 9.62 Å². The van der Waals surface area contributed by atoms with Crippen LogP contribution >= 0.6 is 0 Å². The van der Waals surface area contributed by atoms with Crippen molar-refractivity contribution >= 4 is 39.3 Å². The molecule has 11 heteroatoms. The molecule has 49 heavy (non-hydrogen) atoms. The van der Waals surface area contributed by atoms with E-state index >= 15 is 0 Å². The summed E-state index contributed by atoms with van der Waals surface area (Å²) < 4.78 is 33.2. The maximum atomic E-state index is 14.5. The number of ketones is 1. The number of benzene rings is 2. The number of Topliss-reactive ketones (excluding diaryl/α,β-unsaturated/α-hetero) is 1. The predicted octanol–water partition coefficient (Wildman–Crippen LogP) is 5.48. The van der Waals surface area contributed by atoms with Gasteiger partial charge in [-0.05, 0) is 74.6 Å². The number of rotatable bonds is 12. The van der Waals surface area contributed by atoms with E-state index in [1.165, 1.54) is 4.90 Å². The number of esters is 1. The first-order valence-corrected chi connectivity index (χ1v) is 18.5. The summed E-state index contributed by atoms with van der Waals surface area (Å²) in [5.41, 5.74) is 0.266. The first-order chi connectivity index (χ1) is 22.8. The lowest BCUT2D eigenvalue weighted by Crippen LogP contribution is -2.49. The molecule has 2 saturated carbocycles. The van der Waals surface area contributed by atoms with Crippen LogP contribution in [-0.4, -0.2) is 67.0 Å². The number of sulfonamides is 1. The molecule has 0 aromatic heterocycles. The monoisotopic (exact) mass is 691 g/mol. The fourth-order valence-electron chi connectivity index (χ4n) is 6.65. The largest absolute Gasteiger partial charge is 0.460 e. The fourth-order valence-corrected chi connectivity index (χ4v) is 8.04. The minimum atomic E-state index is -3.82. The SMILES string of the molecule is C=C[C@@H]1C[C@]1(CC(=O)[C@@H]1CN(c2ccc(-c3ccccc3)cc2)CN1C(=O)[C@@H](CC(=O)OC(C)(C)C)C(C)(C)C)C(=O)NS(=O)(=O)C1CC1. The average molecular weight is 692 g/mol. The van der Waals surface area contributed by atoms with Crippen molar-refractivity contribution < 1.29 is 32.3 Å². The molecule has 4 atom stereocenters. The summed E-state index contributed by atoms with van der Waals surface area (Å²) in [5, 5.41) is -0.589. The predicted molar refractivity (Wildman–Crippen MR) is 189 cm³/mol. The van der Waals surface area contributed by atoms with E-state index in [9.17, 15) is 27.6 Å². The highest BCUT2D eigenvalue weighted by Gasteiger charge is 2.61. The third kappa shape index (κ3) is 8.25. The Morgan fingerprint density at radius 2 is 1.59 bits per heavy atom. The maximum absolute atomic E-state index is 14.5. The van der Waals surface area contributed by atoms with E-state index in [2.05, 4.69) is 11.3 Å². The molecule has 2 aromatic carbocycles. The number of hydrogen-bond acceptors (Lipinski definition) is 8. The molecule has 0 spiro atoms. The van der Waals surface area contributed by atoms with Gasteiger partial charge in [-0.15, -0.1) is 6.58 Å². The summed E-state index contributed by atoms with van der Waals surface area (Å²) in [6, 6.07) is 16.9. The van der Waals surface area contributed by atoms with Crippen LogP contribution < -0.4 is 9.62 Å².